The number of nitrogens with one attached hydrogen (secondary N) is 1. The monoisotopic (exact) mass is 277 g/mol. The second-order valence-corrected chi connectivity index (χ2v) is 5.24. The van der Waals surface area contributed by atoms with Gasteiger partial charge in [0.05, 0.1) is 24.0 Å². The lowest BCUT2D eigenvalue weighted by atomic mass is 10.2. The smallest absolute Gasteiger partial charge is 0.263 e. The molecule has 100 valence electrons. The summed E-state index contributed by atoms with van der Waals surface area (Å²) < 4.78 is 5.08. The van der Waals surface area contributed by atoms with Crippen molar-refractivity contribution in [2.75, 3.05) is 12.8 Å². The summed E-state index contributed by atoms with van der Waals surface area (Å²) in [6.07, 6.45) is 1.58. The van der Waals surface area contributed by atoms with Crippen LogP contribution in [0.3, 0.4) is 0 Å². The number of carbonyl (C=O) groups is 1. The zero-order valence-electron chi connectivity index (χ0n) is 10.8. The van der Waals surface area contributed by atoms with Crippen LogP contribution in [0.5, 0.6) is 5.75 Å². The van der Waals surface area contributed by atoms with Gasteiger partial charge in [0.25, 0.3) is 5.91 Å². The van der Waals surface area contributed by atoms with E-state index in [0.717, 1.165) is 10.6 Å². The molecule has 0 saturated carbocycles. The molecule has 1 aromatic carbocycles. The third-order valence-electron chi connectivity index (χ3n) is 2.59. The van der Waals surface area contributed by atoms with Gasteiger partial charge in [0.2, 0.25) is 0 Å². The molecule has 0 spiro atoms. The zero-order valence-corrected chi connectivity index (χ0v) is 11.6. The van der Waals surface area contributed by atoms with Gasteiger partial charge in [-0.3, -0.25) is 4.79 Å². The van der Waals surface area contributed by atoms with Crippen LogP contribution < -0.4 is 15.8 Å². The lowest BCUT2D eigenvalue weighted by Gasteiger charge is -2.08. The van der Waals surface area contributed by atoms with Crippen molar-refractivity contribution < 1.29 is 9.53 Å². The van der Waals surface area contributed by atoms with E-state index in [2.05, 4.69) is 10.3 Å². The predicted molar refractivity (Wildman–Crippen MR) is 75.4 cm³/mol. The topological polar surface area (TPSA) is 77.2 Å². The van der Waals surface area contributed by atoms with Crippen molar-refractivity contribution >= 4 is 22.9 Å². The Hall–Kier alpha value is -2.08. The van der Waals surface area contributed by atoms with Gasteiger partial charge in [-0.25, -0.2) is 4.98 Å². The van der Waals surface area contributed by atoms with E-state index in [1.165, 1.54) is 11.3 Å². The number of amides is 1. The van der Waals surface area contributed by atoms with Crippen molar-refractivity contribution in [3.05, 3.63) is 39.8 Å². The SMILES string of the molecule is COc1ccc(CNC(=O)c2cnc(C)s2)cc1N. The number of nitrogens with two attached hydrogens (primary N) is 1. The highest BCUT2D eigenvalue weighted by Crippen LogP contribution is 2.21. The molecule has 1 heterocycles. The number of aromatic nitrogens is 1. The number of ether oxygens (including phenoxy) is 1. The standard InChI is InChI=1S/C13H15N3O2S/c1-8-15-7-12(19-8)13(17)16-6-9-3-4-11(18-2)10(14)5-9/h3-5,7H,6,14H2,1-2H3,(H,16,17). The Balaban J connectivity index is 1.99. The molecule has 0 radical (unpaired) electrons. The Morgan fingerprint density at radius 2 is 2.32 bits per heavy atom. The Kier molecular flexibility index (Phi) is 4.01. The molecule has 19 heavy (non-hydrogen) atoms. The minimum absolute atomic E-state index is 0.125. The first-order chi connectivity index (χ1) is 9.10. The van der Waals surface area contributed by atoms with Gasteiger partial charge < -0.3 is 15.8 Å². The van der Waals surface area contributed by atoms with E-state index in [-0.39, 0.29) is 5.91 Å². The molecule has 0 saturated heterocycles. The van der Waals surface area contributed by atoms with Crippen LogP contribution in [0.15, 0.2) is 24.4 Å². The van der Waals surface area contributed by atoms with Gasteiger partial charge in [0, 0.05) is 6.54 Å². The average Bonchev–Trinajstić information content (AvgIpc) is 2.83. The van der Waals surface area contributed by atoms with Crippen molar-refractivity contribution in [3.63, 3.8) is 0 Å². The number of hydrogen-bond donors (Lipinski definition) is 2. The first-order valence-electron chi connectivity index (χ1n) is 5.73. The fourth-order valence-electron chi connectivity index (χ4n) is 1.63. The molecule has 5 nitrogen and oxygen atoms in total. The molecule has 0 aliphatic rings. The first kappa shape index (κ1) is 13.4. The molecule has 0 aliphatic carbocycles. The summed E-state index contributed by atoms with van der Waals surface area (Å²) in [6, 6.07) is 5.44. The maximum atomic E-state index is 11.8. The summed E-state index contributed by atoms with van der Waals surface area (Å²) in [5, 5.41) is 3.70. The van der Waals surface area contributed by atoms with E-state index in [9.17, 15) is 4.79 Å². The number of nitrogens with zero attached hydrogens (tertiary/aromatic N) is 1. The molecule has 0 atom stereocenters. The van der Waals surface area contributed by atoms with Crippen LogP contribution in [0.1, 0.15) is 20.2 Å². The molecule has 0 aliphatic heterocycles. The number of hydrogen-bond acceptors (Lipinski definition) is 5. The fourth-order valence-corrected chi connectivity index (χ4v) is 2.32. The lowest BCUT2D eigenvalue weighted by Crippen LogP contribution is -2.21. The minimum atomic E-state index is -0.125. The van der Waals surface area contributed by atoms with E-state index in [0.29, 0.717) is 22.9 Å². The Morgan fingerprint density at radius 3 is 2.89 bits per heavy atom. The number of carbonyl (C=O) groups excluding carboxylic acids is 1. The number of thiazole rings is 1. The summed E-state index contributed by atoms with van der Waals surface area (Å²) in [6.45, 7) is 2.29. The highest BCUT2D eigenvalue weighted by molar-refractivity contribution is 7.13. The summed E-state index contributed by atoms with van der Waals surface area (Å²) in [7, 11) is 1.57. The van der Waals surface area contributed by atoms with E-state index in [4.69, 9.17) is 10.5 Å². The quantitative estimate of drug-likeness (QED) is 0.838. The minimum Gasteiger partial charge on any atom is -0.495 e. The molecule has 1 amide bonds. The third kappa shape index (κ3) is 3.23. The molecule has 6 heteroatoms. The normalized spacial score (nSPS) is 10.2. The van der Waals surface area contributed by atoms with E-state index in [1.807, 2.05) is 13.0 Å². The summed E-state index contributed by atoms with van der Waals surface area (Å²) in [4.78, 5) is 16.5. The van der Waals surface area contributed by atoms with Crippen molar-refractivity contribution in [3.8, 4) is 5.75 Å². The molecule has 2 aromatic rings. The summed E-state index contributed by atoms with van der Waals surface area (Å²) >= 11 is 1.37. The highest BCUT2D eigenvalue weighted by atomic mass is 32.1. The first-order valence-corrected chi connectivity index (χ1v) is 6.55. The number of benzene rings is 1. The number of aryl methyl sites for hydroxylation is 1. The van der Waals surface area contributed by atoms with Crippen LogP contribution in [0.2, 0.25) is 0 Å². The van der Waals surface area contributed by atoms with E-state index in [1.54, 1.807) is 25.4 Å². The maximum Gasteiger partial charge on any atom is 0.263 e. The van der Waals surface area contributed by atoms with Gasteiger partial charge in [-0.15, -0.1) is 11.3 Å². The van der Waals surface area contributed by atoms with Crippen LogP contribution in [0.4, 0.5) is 5.69 Å². The average molecular weight is 277 g/mol. The number of rotatable bonds is 4. The van der Waals surface area contributed by atoms with Gasteiger partial charge in [-0.05, 0) is 24.6 Å². The van der Waals surface area contributed by atoms with Crippen LogP contribution in [-0.4, -0.2) is 18.0 Å². The van der Waals surface area contributed by atoms with Crippen molar-refractivity contribution in [2.24, 2.45) is 0 Å². The van der Waals surface area contributed by atoms with Crippen molar-refractivity contribution in [2.45, 2.75) is 13.5 Å². The molecule has 3 N–H and O–H groups in total. The van der Waals surface area contributed by atoms with E-state index < -0.39 is 0 Å². The zero-order chi connectivity index (χ0) is 13.8. The van der Waals surface area contributed by atoms with Gasteiger partial charge in [0.15, 0.2) is 0 Å². The second-order valence-electron chi connectivity index (χ2n) is 4.00. The molecular weight excluding hydrogens is 262 g/mol. The number of anilines is 1. The van der Waals surface area contributed by atoms with Gasteiger partial charge in [-0.2, -0.15) is 0 Å². The molecule has 1 aromatic heterocycles. The Morgan fingerprint density at radius 1 is 1.53 bits per heavy atom. The van der Waals surface area contributed by atoms with Gasteiger partial charge in [-0.1, -0.05) is 6.07 Å². The molecular formula is C13H15N3O2S. The van der Waals surface area contributed by atoms with Crippen LogP contribution in [0, 0.1) is 6.92 Å². The van der Waals surface area contributed by atoms with Crippen molar-refractivity contribution in [1.82, 2.24) is 10.3 Å². The van der Waals surface area contributed by atoms with Gasteiger partial charge in [0.1, 0.15) is 10.6 Å². The Bertz CT molecular complexity index is 595. The number of methoxy groups -OCH3 is 1. The summed E-state index contributed by atoms with van der Waals surface area (Å²) in [5.74, 6) is 0.508. The maximum absolute atomic E-state index is 11.8. The van der Waals surface area contributed by atoms with Crippen molar-refractivity contribution in [1.29, 1.82) is 0 Å². The second kappa shape index (κ2) is 5.71. The Labute approximate surface area is 115 Å². The van der Waals surface area contributed by atoms with Gasteiger partial charge >= 0.3 is 0 Å². The molecule has 0 bridgehead atoms. The van der Waals surface area contributed by atoms with Crippen LogP contribution in [-0.2, 0) is 6.54 Å². The van der Waals surface area contributed by atoms with E-state index >= 15 is 0 Å². The largest absolute Gasteiger partial charge is 0.495 e. The molecule has 0 unspecified atom stereocenters. The predicted octanol–water partition coefficient (Wildman–Crippen LogP) is 1.97. The third-order valence-corrected chi connectivity index (χ3v) is 3.50. The lowest BCUT2D eigenvalue weighted by molar-refractivity contribution is 0.0955. The molecule has 2 rings (SSSR count). The van der Waals surface area contributed by atoms with Crippen LogP contribution >= 0.6 is 11.3 Å². The number of nitrogen functional groups attached to an aromatic ring is 1. The highest BCUT2D eigenvalue weighted by Gasteiger charge is 2.09. The molecule has 0 fully saturated rings. The fraction of sp³-hybridized carbons (Fsp3) is 0.231. The van der Waals surface area contributed by atoms with Crippen LogP contribution in [0.25, 0.3) is 0 Å². The summed E-state index contributed by atoms with van der Waals surface area (Å²) in [5.41, 5.74) is 7.29.